The van der Waals surface area contributed by atoms with Crippen molar-refractivity contribution >= 4 is 16.8 Å². The first-order valence-corrected chi connectivity index (χ1v) is 11.4. The zero-order valence-corrected chi connectivity index (χ0v) is 18.2. The van der Waals surface area contributed by atoms with Crippen LogP contribution in [0.25, 0.3) is 10.9 Å². The van der Waals surface area contributed by atoms with Gasteiger partial charge in [-0.2, -0.15) is 0 Å². The second-order valence-corrected chi connectivity index (χ2v) is 8.66. The van der Waals surface area contributed by atoms with Gasteiger partial charge in [0, 0.05) is 42.7 Å². The molecule has 4 aromatic rings. The van der Waals surface area contributed by atoms with E-state index in [1.165, 1.54) is 22.1 Å². The van der Waals surface area contributed by atoms with E-state index in [2.05, 4.69) is 100 Å². The zero-order chi connectivity index (χ0) is 21.8. The Labute approximate surface area is 189 Å². The second kappa shape index (κ2) is 9.41. The molecule has 4 heteroatoms. The highest BCUT2D eigenvalue weighted by Crippen LogP contribution is 2.26. The van der Waals surface area contributed by atoms with Gasteiger partial charge in [-0.05, 0) is 35.6 Å². The number of amides is 1. The summed E-state index contributed by atoms with van der Waals surface area (Å²) in [5.74, 6) is 0.461. The first-order valence-electron chi connectivity index (χ1n) is 11.4. The molecule has 1 aliphatic heterocycles. The quantitative estimate of drug-likeness (QED) is 0.459. The average molecular weight is 424 g/mol. The summed E-state index contributed by atoms with van der Waals surface area (Å²) in [5, 5.41) is 4.30. The number of nitrogens with zero attached hydrogens (tertiary/aromatic N) is 1. The molecule has 0 spiro atoms. The van der Waals surface area contributed by atoms with Gasteiger partial charge in [0.2, 0.25) is 5.91 Å². The van der Waals surface area contributed by atoms with Gasteiger partial charge in [0.15, 0.2) is 0 Å². The monoisotopic (exact) mass is 423 g/mol. The molecule has 1 aromatic heterocycles. The third kappa shape index (κ3) is 4.46. The van der Waals surface area contributed by atoms with Crippen molar-refractivity contribution in [3.8, 4) is 0 Å². The standard InChI is InChI=1S/C28H29N3O/c32-28-27(18-23-19-30-26-14-8-7-13-25(23)26)31(16-15-29-28)20-24(22-11-5-2-6-12-22)17-21-9-3-1-4-10-21/h1-14,19,24,27,30H,15-18,20H2,(H,29,32)/t24?,27-/m1/s1. The lowest BCUT2D eigenvalue weighted by molar-refractivity contribution is -0.129. The molecular weight excluding hydrogens is 394 g/mol. The number of nitrogens with one attached hydrogen (secondary N) is 2. The molecule has 162 valence electrons. The average Bonchev–Trinajstić information content (AvgIpc) is 3.25. The van der Waals surface area contributed by atoms with Crippen molar-refractivity contribution in [3.63, 3.8) is 0 Å². The number of H-pyrrole nitrogens is 1. The van der Waals surface area contributed by atoms with Crippen LogP contribution in [-0.4, -0.2) is 41.5 Å². The maximum Gasteiger partial charge on any atom is 0.237 e. The molecular formula is C28H29N3O. The van der Waals surface area contributed by atoms with E-state index in [1.54, 1.807) is 0 Å². The van der Waals surface area contributed by atoms with Gasteiger partial charge >= 0.3 is 0 Å². The van der Waals surface area contributed by atoms with Crippen LogP contribution in [0.1, 0.15) is 22.6 Å². The van der Waals surface area contributed by atoms with Gasteiger partial charge in [-0.15, -0.1) is 0 Å². The first kappa shape index (κ1) is 20.5. The van der Waals surface area contributed by atoms with Crippen molar-refractivity contribution in [3.05, 3.63) is 108 Å². The summed E-state index contributed by atoms with van der Waals surface area (Å²) < 4.78 is 0. The molecule has 1 amide bonds. The number of aromatic amines is 1. The lowest BCUT2D eigenvalue weighted by Crippen LogP contribution is -2.57. The molecule has 1 saturated heterocycles. The maximum atomic E-state index is 13.0. The summed E-state index contributed by atoms with van der Waals surface area (Å²) in [6, 6.07) is 29.5. The van der Waals surface area contributed by atoms with Gasteiger partial charge in [-0.3, -0.25) is 9.69 Å². The Kier molecular flexibility index (Phi) is 6.04. The minimum atomic E-state index is -0.162. The zero-order valence-electron chi connectivity index (χ0n) is 18.2. The molecule has 1 fully saturated rings. The Morgan fingerprint density at radius 3 is 2.44 bits per heavy atom. The van der Waals surface area contributed by atoms with Crippen molar-refractivity contribution in [2.24, 2.45) is 0 Å². The van der Waals surface area contributed by atoms with Crippen molar-refractivity contribution in [2.75, 3.05) is 19.6 Å². The number of hydrogen-bond donors (Lipinski definition) is 2. The van der Waals surface area contributed by atoms with Crippen LogP contribution >= 0.6 is 0 Å². The molecule has 2 N–H and O–H groups in total. The van der Waals surface area contributed by atoms with E-state index in [1.807, 2.05) is 6.07 Å². The van der Waals surface area contributed by atoms with Gasteiger partial charge in [0.25, 0.3) is 0 Å². The molecule has 2 heterocycles. The number of piperazine rings is 1. The minimum absolute atomic E-state index is 0.132. The number of carbonyl (C=O) groups is 1. The van der Waals surface area contributed by atoms with E-state index in [-0.39, 0.29) is 11.9 Å². The molecule has 0 bridgehead atoms. The molecule has 2 atom stereocenters. The van der Waals surface area contributed by atoms with E-state index in [9.17, 15) is 4.79 Å². The number of aromatic nitrogens is 1. The highest BCUT2D eigenvalue weighted by atomic mass is 16.2. The van der Waals surface area contributed by atoms with Crippen LogP contribution in [0.3, 0.4) is 0 Å². The van der Waals surface area contributed by atoms with E-state index in [0.717, 1.165) is 25.0 Å². The minimum Gasteiger partial charge on any atom is -0.361 e. The van der Waals surface area contributed by atoms with Crippen LogP contribution in [0.15, 0.2) is 91.1 Å². The smallest absolute Gasteiger partial charge is 0.237 e. The van der Waals surface area contributed by atoms with Gasteiger partial charge < -0.3 is 10.3 Å². The number of para-hydroxylation sites is 1. The van der Waals surface area contributed by atoms with Crippen molar-refractivity contribution < 1.29 is 4.79 Å². The van der Waals surface area contributed by atoms with Gasteiger partial charge in [0.1, 0.15) is 0 Å². The van der Waals surface area contributed by atoms with Crippen LogP contribution in [0, 0.1) is 0 Å². The van der Waals surface area contributed by atoms with Gasteiger partial charge in [-0.25, -0.2) is 0 Å². The summed E-state index contributed by atoms with van der Waals surface area (Å²) >= 11 is 0. The van der Waals surface area contributed by atoms with Crippen LogP contribution in [0.2, 0.25) is 0 Å². The second-order valence-electron chi connectivity index (χ2n) is 8.66. The Morgan fingerprint density at radius 2 is 1.62 bits per heavy atom. The summed E-state index contributed by atoms with van der Waals surface area (Å²) in [7, 11) is 0. The third-order valence-electron chi connectivity index (χ3n) is 6.58. The fraction of sp³-hybridized carbons (Fsp3) is 0.250. The summed E-state index contributed by atoms with van der Waals surface area (Å²) in [6.45, 7) is 2.44. The largest absolute Gasteiger partial charge is 0.361 e. The summed E-state index contributed by atoms with van der Waals surface area (Å²) in [6.07, 6.45) is 3.73. The number of rotatable bonds is 7. The molecule has 5 rings (SSSR count). The van der Waals surface area contributed by atoms with Gasteiger partial charge in [-0.1, -0.05) is 78.9 Å². The SMILES string of the molecule is O=C1NCCN(CC(Cc2ccccc2)c2ccccc2)[C@@H]1Cc1c[nH]c2ccccc12. The first-order chi connectivity index (χ1) is 15.8. The Balaban J connectivity index is 1.41. The van der Waals surface area contributed by atoms with Crippen LogP contribution in [0.4, 0.5) is 0 Å². The number of carbonyl (C=O) groups excluding carboxylic acids is 1. The van der Waals surface area contributed by atoms with Crippen LogP contribution in [-0.2, 0) is 17.6 Å². The third-order valence-corrected chi connectivity index (χ3v) is 6.58. The molecule has 0 radical (unpaired) electrons. The van der Waals surface area contributed by atoms with Gasteiger partial charge in [0.05, 0.1) is 6.04 Å². The van der Waals surface area contributed by atoms with Crippen molar-refractivity contribution in [1.29, 1.82) is 0 Å². The molecule has 32 heavy (non-hydrogen) atoms. The van der Waals surface area contributed by atoms with Crippen molar-refractivity contribution in [2.45, 2.75) is 24.8 Å². The van der Waals surface area contributed by atoms with E-state index in [0.29, 0.717) is 18.9 Å². The number of fused-ring (bicyclic) bond motifs is 1. The maximum absolute atomic E-state index is 13.0. The Bertz CT molecular complexity index is 1170. The van der Waals surface area contributed by atoms with E-state index < -0.39 is 0 Å². The Hall–Kier alpha value is -3.37. The van der Waals surface area contributed by atoms with Crippen molar-refractivity contribution in [1.82, 2.24) is 15.2 Å². The molecule has 0 saturated carbocycles. The molecule has 1 aliphatic rings. The Morgan fingerprint density at radius 1 is 0.906 bits per heavy atom. The molecule has 4 nitrogen and oxygen atoms in total. The highest BCUT2D eigenvalue weighted by molar-refractivity contribution is 5.86. The molecule has 3 aromatic carbocycles. The predicted molar refractivity (Wildman–Crippen MR) is 130 cm³/mol. The van der Waals surface area contributed by atoms with E-state index in [4.69, 9.17) is 0 Å². The highest BCUT2D eigenvalue weighted by Gasteiger charge is 2.32. The summed E-state index contributed by atoms with van der Waals surface area (Å²) in [5.41, 5.74) is 4.98. The fourth-order valence-corrected chi connectivity index (χ4v) is 4.91. The van der Waals surface area contributed by atoms with Crippen LogP contribution < -0.4 is 5.32 Å². The number of benzene rings is 3. The summed E-state index contributed by atoms with van der Waals surface area (Å²) in [4.78, 5) is 18.7. The topological polar surface area (TPSA) is 48.1 Å². The lowest BCUT2D eigenvalue weighted by atomic mass is 9.90. The number of hydrogen-bond acceptors (Lipinski definition) is 2. The van der Waals surface area contributed by atoms with E-state index >= 15 is 0 Å². The predicted octanol–water partition coefficient (Wildman–Crippen LogP) is 4.54. The fourth-order valence-electron chi connectivity index (χ4n) is 4.91. The van der Waals surface area contributed by atoms with Crippen LogP contribution in [0.5, 0.6) is 0 Å². The molecule has 0 aliphatic carbocycles. The molecule has 1 unspecified atom stereocenters. The normalized spacial score (nSPS) is 17.9. The lowest BCUT2D eigenvalue weighted by Gasteiger charge is -2.37.